The topological polar surface area (TPSA) is 64.7 Å². The fraction of sp³-hybridized carbons (Fsp3) is 1.00. The highest BCUT2D eigenvalue weighted by atomic mass is 32.2. The fourth-order valence-electron chi connectivity index (χ4n) is 2.58. The van der Waals surface area contributed by atoms with Crippen LogP contribution in [0.1, 0.15) is 33.1 Å². The molecular formula is C13H30N4O2S. The largest absolute Gasteiger partial charge is 0.317 e. The first-order chi connectivity index (χ1) is 9.51. The SMILES string of the molecule is CCNCCCN(C)S(=O)(=O)NCC1CCCN1CC. The number of nitrogens with zero attached hydrogens (tertiary/aromatic N) is 2. The molecule has 0 aliphatic carbocycles. The highest BCUT2D eigenvalue weighted by Crippen LogP contribution is 2.15. The lowest BCUT2D eigenvalue weighted by Gasteiger charge is -2.24. The molecule has 0 aromatic heterocycles. The summed E-state index contributed by atoms with van der Waals surface area (Å²) in [6.07, 6.45) is 3.08. The van der Waals surface area contributed by atoms with Crippen LogP contribution >= 0.6 is 0 Å². The van der Waals surface area contributed by atoms with Crippen LogP contribution < -0.4 is 10.0 Å². The van der Waals surface area contributed by atoms with Gasteiger partial charge in [0.2, 0.25) is 0 Å². The summed E-state index contributed by atoms with van der Waals surface area (Å²) in [5, 5.41) is 3.20. The van der Waals surface area contributed by atoms with Crippen molar-refractivity contribution >= 4 is 10.2 Å². The molecule has 1 saturated heterocycles. The van der Waals surface area contributed by atoms with Crippen LogP contribution in [0.4, 0.5) is 0 Å². The Balaban J connectivity index is 2.32. The van der Waals surface area contributed by atoms with Crippen molar-refractivity contribution in [3.8, 4) is 0 Å². The summed E-state index contributed by atoms with van der Waals surface area (Å²) >= 11 is 0. The number of nitrogens with one attached hydrogen (secondary N) is 2. The molecule has 2 N–H and O–H groups in total. The second-order valence-electron chi connectivity index (χ2n) is 5.31. The molecule has 1 rings (SSSR count). The highest BCUT2D eigenvalue weighted by Gasteiger charge is 2.25. The molecule has 1 aliphatic rings. The van der Waals surface area contributed by atoms with Gasteiger partial charge in [-0.25, -0.2) is 4.72 Å². The van der Waals surface area contributed by atoms with Crippen molar-refractivity contribution in [2.45, 2.75) is 39.2 Å². The summed E-state index contributed by atoms with van der Waals surface area (Å²) in [6, 6.07) is 0.352. The lowest BCUT2D eigenvalue weighted by atomic mass is 10.2. The lowest BCUT2D eigenvalue weighted by molar-refractivity contribution is 0.266. The molecule has 1 heterocycles. The normalized spacial score (nSPS) is 20.9. The van der Waals surface area contributed by atoms with Gasteiger partial charge < -0.3 is 5.32 Å². The lowest BCUT2D eigenvalue weighted by Crippen LogP contribution is -2.45. The number of hydrogen-bond acceptors (Lipinski definition) is 4. The minimum absolute atomic E-state index is 0.352. The van der Waals surface area contributed by atoms with Crippen molar-refractivity contribution in [1.29, 1.82) is 0 Å². The van der Waals surface area contributed by atoms with E-state index in [2.05, 4.69) is 21.9 Å². The molecule has 7 heteroatoms. The third kappa shape index (κ3) is 5.65. The van der Waals surface area contributed by atoms with E-state index in [0.29, 0.717) is 19.1 Å². The van der Waals surface area contributed by atoms with Crippen LogP contribution in [0.2, 0.25) is 0 Å². The molecule has 0 saturated carbocycles. The number of rotatable bonds is 10. The van der Waals surface area contributed by atoms with Crippen LogP contribution in [0.15, 0.2) is 0 Å². The van der Waals surface area contributed by atoms with E-state index in [0.717, 1.165) is 39.0 Å². The van der Waals surface area contributed by atoms with Gasteiger partial charge in [0, 0.05) is 26.2 Å². The van der Waals surface area contributed by atoms with Gasteiger partial charge in [0.25, 0.3) is 10.2 Å². The monoisotopic (exact) mass is 306 g/mol. The first kappa shape index (κ1) is 17.8. The average molecular weight is 306 g/mol. The number of hydrogen-bond donors (Lipinski definition) is 2. The molecular weight excluding hydrogens is 276 g/mol. The summed E-state index contributed by atoms with van der Waals surface area (Å²) < 4.78 is 28.4. The van der Waals surface area contributed by atoms with Crippen molar-refractivity contribution in [3.63, 3.8) is 0 Å². The number of likely N-dealkylation sites (tertiary alicyclic amines) is 1. The van der Waals surface area contributed by atoms with Gasteiger partial charge in [-0.1, -0.05) is 13.8 Å². The molecule has 120 valence electrons. The van der Waals surface area contributed by atoms with Crippen molar-refractivity contribution in [2.75, 3.05) is 46.3 Å². The Labute approximate surface area is 124 Å². The summed E-state index contributed by atoms with van der Waals surface area (Å²) in [5.41, 5.74) is 0. The van der Waals surface area contributed by atoms with E-state index in [1.165, 1.54) is 10.7 Å². The summed E-state index contributed by atoms with van der Waals surface area (Å²) in [6.45, 7) is 9.08. The van der Waals surface area contributed by atoms with E-state index in [1.807, 2.05) is 6.92 Å². The molecule has 0 aromatic carbocycles. The van der Waals surface area contributed by atoms with Crippen LogP contribution in [-0.2, 0) is 10.2 Å². The third-order valence-corrected chi connectivity index (χ3v) is 5.43. The zero-order valence-electron chi connectivity index (χ0n) is 13.1. The Morgan fingerprint density at radius 3 is 2.75 bits per heavy atom. The summed E-state index contributed by atoms with van der Waals surface area (Å²) in [4.78, 5) is 2.34. The molecule has 0 spiro atoms. The molecule has 0 bridgehead atoms. The maximum absolute atomic E-state index is 12.1. The molecule has 0 radical (unpaired) electrons. The van der Waals surface area contributed by atoms with Crippen molar-refractivity contribution in [1.82, 2.24) is 19.2 Å². The van der Waals surface area contributed by atoms with Gasteiger partial charge in [0.15, 0.2) is 0 Å². The van der Waals surface area contributed by atoms with Crippen LogP contribution in [0.3, 0.4) is 0 Å². The van der Waals surface area contributed by atoms with Crippen LogP contribution in [0, 0.1) is 0 Å². The van der Waals surface area contributed by atoms with Gasteiger partial charge in [-0.15, -0.1) is 0 Å². The zero-order valence-corrected chi connectivity index (χ0v) is 13.9. The minimum Gasteiger partial charge on any atom is -0.317 e. The van der Waals surface area contributed by atoms with Gasteiger partial charge in [-0.2, -0.15) is 12.7 Å². The minimum atomic E-state index is -3.34. The standard InChI is InChI=1S/C13H30N4O2S/c1-4-14-9-7-10-16(3)20(18,19)15-12-13-8-6-11-17(13)5-2/h13-15H,4-12H2,1-3H3. The van der Waals surface area contributed by atoms with E-state index < -0.39 is 10.2 Å². The van der Waals surface area contributed by atoms with Gasteiger partial charge >= 0.3 is 0 Å². The molecule has 1 aliphatic heterocycles. The smallest absolute Gasteiger partial charge is 0.279 e. The second kappa shape index (κ2) is 8.94. The van der Waals surface area contributed by atoms with Crippen molar-refractivity contribution in [2.24, 2.45) is 0 Å². The fourth-order valence-corrected chi connectivity index (χ4v) is 3.57. The summed E-state index contributed by atoms with van der Waals surface area (Å²) in [5.74, 6) is 0. The molecule has 1 fully saturated rings. The van der Waals surface area contributed by atoms with Gasteiger partial charge in [0.1, 0.15) is 0 Å². The van der Waals surface area contributed by atoms with Crippen molar-refractivity contribution < 1.29 is 8.42 Å². The van der Waals surface area contributed by atoms with Crippen LogP contribution in [-0.4, -0.2) is 70.0 Å². The predicted molar refractivity (Wildman–Crippen MR) is 83.0 cm³/mol. The van der Waals surface area contributed by atoms with E-state index in [4.69, 9.17) is 0 Å². The van der Waals surface area contributed by atoms with Crippen LogP contribution in [0.25, 0.3) is 0 Å². The van der Waals surface area contributed by atoms with E-state index in [-0.39, 0.29) is 0 Å². The van der Waals surface area contributed by atoms with Gasteiger partial charge in [0.05, 0.1) is 0 Å². The Morgan fingerprint density at radius 2 is 2.10 bits per heavy atom. The zero-order chi connectivity index (χ0) is 15.0. The highest BCUT2D eigenvalue weighted by molar-refractivity contribution is 7.87. The van der Waals surface area contributed by atoms with E-state index >= 15 is 0 Å². The Bertz CT molecular complexity index is 361. The molecule has 0 amide bonds. The Kier molecular flexibility index (Phi) is 7.98. The van der Waals surface area contributed by atoms with Gasteiger partial charge in [-0.3, -0.25) is 4.90 Å². The predicted octanol–water partition coefficient (Wildman–Crippen LogP) is 0.237. The Hall–Kier alpha value is -0.210. The van der Waals surface area contributed by atoms with Crippen molar-refractivity contribution in [3.05, 3.63) is 0 Å². The molecule has 1 unspecified atom stereocenters. The second-order valence-corrected chi connectivity index (χ2v) is 7.17. The number of likely N-dealkylation sites (N-methyl/N-ethyl adjacent to an activating group) is 1. The van der Waals surface area contributed by atoms with E-state index in [9.17, 15) is 8.42 Å². The molecule has 6 nitrogen and oxygen atoms in total. The summed E-state index contributed by atoms with van der Waals surface area (Å²) in [7, 11) is -1.70. The maximum atomic E-state index is 12.1. The Morgan fingerprint density at radius 1 is 1.35 bits per heavy atom. The quantitative estimate of drug-likeness (QED) is 0.567. The van der Waals surface area contributed by atoms with Crippen LogP contribution in [0.5, 0.6) is 0 Å². The average Bonchev–Trinajstić information content (AvgIpc) is 2.88. The van der Waals surface area contributed by atoms with Gasteiger partial charge in [-0.05, 0) is 45.4 Å². The first-order valence-electron chi connectivity index (χ1n) is 7.67. The molecule has 20 heavy (non-hydrogen) atoms. The molecule has 0 aromatic rings. The maximum Gasteiger partial charge on any atom is 0.279 e. The molecule has 1 atom stereocenters. The first-order valence-corrected chi connectivity index (χ1v) is 9.11. The third-order valence-electron chi connectivity index (χ3n) is 3.89. The van der Waals surface area contributed by atoms with E-state index in [1.54, 1.807) is 7.05 Å².